The van der Waals surface area contributed by atoms with Crippen molar-refractivity contribution in [1.29, 1.82) is 0 Å². The first-order valence-corrected chi connectivity index (χ1v) is 10.6. The van der Waals surface area contributed by atoms with E-state index in [1.807, 2.05) is 30.3 Å². The summed E-state index contributed by atoms with van der Waals surface area (Å²) < 4.78 is 27.1. The number of halogens is 2. The lowest BCUT2D eigenvalue weighted by Gasteiger charge is -2.32. The standard InChI is InChI=1S/C18H20Cl2N2O3S/c19-15-6-7-16(20)18(12-15)26(24,25)22-10-8-21(9-11-22)13-17(23)14-4-2-1-3-5-14/h1-7,12,17,23H,8-11,13H2/p+1/t17-/m1/s1. The Kier molecular flexibility index (Phi) is 6.22. The molecule has 1 atom stereocenters. The number of nitrogens with one attached hydrogen (secondary N) is 1. The summed E-state index contributed by atoms with van der Waals surface area (Å²) in [5.74, 6) is 0. The number of nitrogens with zero attached hydrogens (tertiary/aromatic N) is 1. The predicted molar refractivity (Wildman–Crippen MR) is 102 cm³/mol. The van der Waals surface area contributed by atoms with Gasteiger partial charge in [-0.3, -0.25) is 0 Å². The highest BCUT2D eigenvalue weighted by atomic mass is 35.5. The Balaban J connectivity index is 1.64. The number of hydrogen-bond donors (Lipinski definition) is 2. The van der Waals surface area contributed by atoms with Crippen molar-refractivity contribution in [2.75, 3.05) is 32.7 Å². The first-order chi connectivity index (χ1) is 12.4. The molecule has 140 valence electrons. The minimum atomic E-state index is -3.68. The monoisotopic (exact) mass is 415 g/mol. The van der Waals surface area contributed by atoms with Crippen LogP contribution in [0.3, 0.4) is 0 Å². The molecule has 1 fully saturated rings. The fourth-order valence-corrected chi connectivity index (χ4v) is 5.31. The van der Waals surface area contributed by atoms with E-state index in [4.69, 9.17) is 23.2 Å². The molecule has 3 rings (SSSR count). The molecule has 0 aromatic heterocycles. The van der Waals surface area contributed by atoms with Gasteiger partial charge >= 0.3 is 0 Å². The fourth-order valence-electron chi connectivity index (χ4n) is 3.13. The summed E-state index contributed by atoms with van der Waals surface area (Å²) in [5, 5.41) is 10.9. The van der Waals surface area contributed by atoms with E-state index in [0.29, 0.717) is 37.7 Å². The predicted octanol–water partition coefficient (Wildman–Crippen LogP) is 1.62. The highest BCUT2D eigenvalue weighted by Gasteiger charge is 2.32. The number of benzene rings is 2. The van der Waals surface area contributed by atoms with Crippen LogP contribution in [0.15, 0.2) is 53.4 Å². The summed E-state index contributed by atoms with van der Waals surface area (Å²) in [6, 6.07) is 13.9. The lowest BCUT2D eigenvalue weighted by Crippen LogP contribution is -3.15. The van der Waals surface area contributed by atoms with Crippen LogP contribution in [0.4, 0.5) is 0 Å². The van der Waals surface area contributed by atoms with Crippen molar-refractivity contribution in [1.82, 2.24) is 4.31 Å². The van der Waals surface area contributed by atoms with Gasteiger partial charge in [0.1, 0.15) is 17.5 Å². The number of sulfonamides is 1. The molecule has 2 aromatic rings. The molecule has 2 N–H and O–H groups in total. The van der Waals surface area contributed by atoms with Gasteiger partial charge in [-0.2, -0.15) is 4.31 Å². The second-order valence-electron chi connectivity index (χ2n) is 6.36. The maximum Gasteiger partial charge on any atom is 0.245 e. The third-order valence-corrected chi connectivity index (χ3v) is 7.22. The van der Waals surface area contributed by atoms with Gasteiger partial charge in [0.2, 0.25) is 10.0 Å². The molecule has 0 radical (unpaired) electrons. The van der Waals surface area contributed by atoms with Crippen LogP contribution >= 0.6 is 23.2 Å². The van der Waals surface area contributed by atoms with E-state index in [9.17, 15) is 13.5 Å². The van der Waals surface area contributed by atoms with Gasteiger partial charge in [0.15, 0.2) is 0 Å². The highest BCUT2D eigenvalue weighted by Crippen LogP contribution is 2.27. The topological polar surface area (TPSA) is 62.0 Å². The Morgan fingerprint density at radius 1 is 1.08 bits per heavy atom. The minimum absolute atomic E-state index is 0.0411. The van der Waals surface area contributed by atoms with Crippen molar-refractivity contribution in [2.45, 2.75) is 11.0 Å². The maximum absolute atomic E-state index is 12.8. The average molecular weight is 416 g/mol. The van der Waals surface area contributed by atoms with Crippen molar-refractivity contribution in [3.8, 4) is 0 Å². The first-order valence-electron chi connectivity index (χ1n) is 8.39. The third-order valence-electron chi connectivity index (χ3n) is 4.61. The number of piperazine rings is 1. The van der Waals surface area contributed by atoms with Crippen molar-refractivity contribution in [3.05, 3.63) is 64.1 Å². The zero-order chi connectivity index (χ0) is 18.7. The summed E-state index contributed by atoms with van der Waals surface area (Å²) in [5.41, 5.74) is 0.876. The highest BCUT2D eigenvalue weighted by molar-refractivity contribution is 7.89. The Bertz CT molecular complexity index is 854. The van der Waals surface area contributed by atoms with E-state index in [1.54, 1.807) is 6.07 Å². The molecule has 1 aliphatic heterocycles. The van der Waals surface area contributed by atoms with Crippen LogP contribution in [0.1, 0.15) is 11.7 Å². The molecule has 0 saturated carbocycles. The van der Waals surface area contributed by atoms with Crippen LogP contribution in [0.25, 0.3) is 0 Å². The molecule has 1 heterocycles. The molecule has 1 aliphatic rings. The van der Waals surface area contributed by atoms with E-state index >= 15 is 0 Å². The van der Waals surface area contributed by atoms with Gasteiger partial charge in [-0.1, -0.05) is 53.5 Å². The number of quaternary nitrogens is 1. The molecule has 5 nitrogen and oxygen atoms in total. The molecule has 0 bridgehead atoms. The lowest BCUT2D eigenvalue weighted by molar-refractivity contribution is -0.907. The first kappa shape index (κ1) is 19.6. The van der Waals surface area contributed by atoms with Crippen LogP contribution in [0.2, 0.25) is 10.0 Å². The largest absolute Gasteiger partial charge is 0.382 e. The number of aliphatic hydroxyl groups is 1. The van der Waals surface area contributed by atoms with Gasteiger partial charge in [0.25, 0.3) is 0 Å². The Morgan fingerprint density at radius 2 is 1.73 bits per heavy atom. The molecule has 0 spiro atoms. The zero-order valence-electron chi connectivity index (χ0n) is 14.1. The maximum atomic E-state index is 12.8. The van der Waals surface area contributed by atoms with Crippen molar-refractivity contribution >= 4 is 33.2 Å². The van der Waals surface area contributed by atoms with Crippen LogP contribution in [0.5, 0.6) is 0 Å². The molecule has 2 aromatic carbocycles. The quantitative estimate of drug-likeness (QED) is 0.779. The third kappa shape index (κ3) is 4.39. The smallest absolute Gasteiger partial charge is 0.245 e. The van der Waals surface area contributed by atoms with E-state index in [2.05, 4.69) is 0 Å². The minimum Gasteiger partial charge on any atom is -0.382 e. The Hall–Kier alpha value is -1.15. The molecular weight excluding hydrogens is 395 g/mol. The number of aliphatic hydroxyl groups excluding tert-OH is 1. The number of hydrogen-bond acceptors (Lipinski definition) is 3. The molecule has 0 unspecified atom stereocenters. The second kappa shape index (κ2) is 8.25. The van der Waals surface area contributed by atoms with E-state index in [0.717, 1.165) is 5.56 Å². The van der Waals surface area contributed by atoms with Crippen molar-refractivity contribution in [3.63, 3.8) is 0 Å². The zero-order valence-corrected chi connectivity index (χ0v) is 16.4. The summed E-state index contributed by atoms with van der Waals surface area (Å²) in [4.78, 5) is 1.21. The van der Waals surface area contributed by atoms with Crippen molar-refractivity contribution < 1.29 is 18.4 Å². The van der Waals surface area contributed by atoms with Gasteiger partial charge < -0.3 is 10.0 Å². The summed E-state index contributed by atoms with van der Waals surface area (Å²) in [6.07, 6.45) is -0.559. The molecular formula is C18H21Cl2N2O3S+. The lowest BCUT2D eigenvalue weighted by atomic mass is 10.1. The van der Waals surface area contributed by atoms with Gasteiger partial charge in [-0.25, -0.2) is 8.42 Å². The van der Waals surface area contributed by atoms with Crippen LogP contribution in [-0.2, 0) is 10.0 Å². The molecule has 0 aliphatic carbocycles. The van der Waals surface area contributed by atoms with Gasteiger partial charge in [0.05, 0.1) is 31.2 Å². The SMILES string of the molecule is O=S(=O)(c1cc(Cl)ccc1Cl)N1CC[NH+](C[C@@H](O)c2ccccc2)CC1. The Morgan fingerprint density at radius 3 is 2.38 bits per heavy atom. The van der Waals surface area contributed by atoms with Crippen molar-refractivity contribution in [2.24, 2.45) is 0 Å². The summed E-state index contributed by atoms with van der Waals surface area (Å²) in [6.45, 7) is 2.56. The normalized spacial score (nSPS) is 18.0. The molecule has 26 heavy (non-hydrogen) atoms. The molecule has 0 amide bonds. The van der Waals surface area contributed by atoms with Crippen LogP contribution in [-0.4, -0.2) is 50.6 Å². The van der Waals surface area contributed by atoms with Gasteiger partial charge in [0, 0.05) is 5.02 Å². The molecule has 8 heteroatoms. The summed E-state index contributed by atoms with van der Waals surface area (Å²) in [7, 11) is -3.68. The molecule has 1 saturated heterocycles. The van der Waals surface area contributed by atoms with E-state index in [1.165, 1.54) is 21.3 Å². The second-order valence-corrected chi connectivity index (χ2v) is 9.11. The van der Waals surface area contributed by atoms with Crippen LogP contribution in [0, 0.1) is 0 Å². The van der Waals surface area contributed by atoms with Gasteiger partial charge in [-0.05, 0) is 23.8 Å². The van der Waals surface area contributed by atoms with Gasteiger partial charge in [-0.15, -0.1) is 0 Å². The van der Waals surface area contributed by atoms with E-state index < -0.39 is 16.1 Å². The fraction of sp³-hybridized carbons (Fsp3) is 0.333. The van der Waals surface area contributed by atoms with Crippen LogP contribution < -0.4 is 4.90 Å². The number of rotatable bonds is 5. The average Bonchev–Trinajstić information content (AvgIpc) is 2.65. The Labute approximate surface area is 163 Å². The van der Waals surface area contributed by atoms with E-state index in [-0.39, 0.29) is 9.92 Å². The summed E-state index contributed by atoms with van der Waals surface area (Å²) >= 11 is 12.0.